The predicted octanol–water partition coefficient (Wildman–Crippen LogP) is 5.20. The number of carbonyl (C=O) groups excluding carboxylic acids is 1. The van der Waals surface area contributed by atoms with Gasteiger partial charge in [0.05, 0.1) is 16.2 Å². The number of pyridine rings is 1. The molecule has 1 amide bonds. The molecule has 36 heavy (non-hydrogen) atoms. The highest BCUT2D eigenvalue weighted by Crippen LogP contribution is 2.26. The van der Waals surface area contributed by atoms with Gasteiger partial charge in [-0.25, -0.2) is 14.5 Å². The Morgan fingerprint density at radius 3 is 2.47 bits per heavy atom. The summed E-state index contributed by atoms with van der Waals surface area (Å²) < 4.78 is 1.49. The van der Waals surface area contributed by atoms with Crippen LogP contribution < -0.4 is 15.8 Å². The second-order valence-corrected chi connectivity index (χ2v) is 10.4. The number of anilines is 2. The van der Waals surface area contributed by atoms with Gasteiger partial charge in [-0.3, -0.25) is 9.59 Å². The largest absolute Gasteiger partial charge is 0.372 e. The Morgan fingerprint density at radius 1 is 1.00 bits per heavy atom. The van der Waals surface area contributed by atoms with Gasteiger partial charge in [0.2, 0.25) is 5.91 Å². The molecule has 2 aromatic heterocycles. The molecule has 0 aliphatic carbocycles. The van der Waals surface area contributed by atoms with Gasteiger partial charge in [0.15, 0.2) is 5.16 Å². The number of carbonyl (C=O) groups is 1. The van der Waals surface area contributed by atoms with Crippen molar-refractivity contribution >= 4 is 39.9 Å². The van der Waals surface area contributed by atoms with E-state index in [1.807, 2.05) is 50.2 Å². The average Bonchev–Trinajstić information content (AvgIpc) is 2.90. The van der Waals surface area contributed by atoms with Crippen LogP contribution >= 0.6 is 11.8 Å². The summed E-state index contributed by atoms with van der Waals surface area (Å²) in [4.78, 5) is 38.0. The topological polar surface area (TPSA) is 80.1 Å². The highest BCUT2D eigenvalue weighted by Gasteiger charge is 2.21. The molecule has 1 atom stereocenters. The lowest BCUT2D eigenvalue weighted by molar-refractivity contribution is -0.115. The maximum Gasteiger partial charge on any atom is 0.267 e. The predicted molar refractivity (Wildman–Crippen MR) is 146 cm³/mol. The molecular weight excluding hydrogens is 470 g/mol. The van der Waals surface area contributed by atoms with Crippen molar-refractivity contribution in [2.75, 3.05) is 23.3 Å². The Labute approximate surface area is 214 Å². The summed E-state index contributed by atoms with van der Waals surface area (Å²) in [5.74, 6) is 0.323. The van der Waals surface area contributed by atoms with Gasteiger partial charge in [0.1, 0.15) is 5.82 Å². The van der Waals surface area contributed by atoms with E-state index in [0.29, 0.717) is 21.9 Å². The number of hydrogen-bond donors (Lipinski definition) is 1. The number of amides is 1. The van der Waals surface area contributed by atoms with Gasteiger partial charge in [-0.2, -0.15) is 0 Å². The van der Waals surface area contributed by atoms with Crippen LogP contribution in [0, 0.1) is 6.92 Å². The van der Waals surface area contributed by atoms with Crippen LogP contribution in [0.15, 0.2) is 76.8 Å². The van der Waals surface area contributed by atoms with Crippen LogP contribution in [0.4, 0.5) is 11.4 Å². The maximum atomic E-state index is 13.4. The molecular formula is C28H29N5O2S. The van der Waals surface area contributed by atoms with Gasteiger partial charge < -0.3 is 10.2 Å². The first-order valence-corrected chi connectivity index (χ1v) is 13.1. The quantitative estimate of drug-likeness (QED) is 0.290. The van der Waals surface area contributed by atoms with Gasteiger partial charge in [-0.1, -0.05) is 30.0 Å². The number of fused-ring (bicyclic) bond motifs is 1. The number of rotatable bonds is 6. The summed E-state index contributed by atoms with van der Waals surface area (Å²) in [5.41, 5.74) is 3.31. The highest BCUT2D eigenvalue weighted by molar-refractivity contribution is 8.00. The fraction of sp³-hybridized carbons (Fsp3) is 0.286. The van der Waals surface area contributed by atoms with Crippen molar-refractivity contribution in [2.45, 2.75) is 43.5 Å². The van der Waals surface area contributed by atoms with E-state index < -0.39 is 5.25 Å². The molecule has 0 bridgehead atoms. The smallest absolute Gasteiger partial charge is 0.267 e. The molecule has 184 valence electrons. The lowest BCUT2D eigenvalue weighted by Crippen LogP contribution is -2.29. The summed E-state index contributed by atoms with van der Waals surface area (Å²) in [5, 5.41) is 3.45. The summed E-state index contributed by atoms with van der Waals surface area (Å²) >= 11 is 1.24. The van der Waals surface area contributed by atoms with Crippen molar-refractivity contribution in [1.29, 1.82) is 0 Å². The number of benzene rings is 2. The van der Waals surface area contributed by atoms with E-state index in [0.717, 1.165) is 24.3 Å². The Hall–Kier alpha value is -3.65. The normalized spacial score (nSPS) is 14.6. The number of nitrogens with zero attached hydrogens (tertiary/aromatic N) is 4. The summed E-state index contributed by atoms with van der Waals surface area (Å²) in [6.07, 6.45) is 5.45. The molecule has 8 heteroatoms. The van der Waals surface area contributed by atoms with Gasteiger partial charge in [-0.15, -0.1) is 0 Å². The van der Waals surface area contributed by atoms with E-state index in [2.05, 4.69) is 27.3 Å². The van der Waals surface area contributed by atoms with Gasteiger partial charge in [0, 0.05) is 30.7 Å². The van der Waals surface area contributed by atoms with Crippen molar-refractivity contribution < 1.29 is 4.79 Å². The number of thioether (sulfide) groups is 1. The summed E-state index contributed by atoms with van der Waals surface area (Å²) in [6.45, 7) is 5.92. The minimum atomic E-state index is -0.489. The number of aromatic nitrogens is 3. The first-order valence-electron chi connectivity index (χ1n) is 12.3. The molecule has 1 unspecified atom stereocenters. The van der Waals surface area contributed by atoms with E-state index in [9.17, 15) is 9.59 Å². The van der Waals surface area contributed by atoms with Crippen molar-refractivity contribution in [1.82, 2.24) is 14.5 Å². The Bertz CT molecular complexity index is 1430. The van der Waals surface area contributed by atoms with Gasteiger partial charge >= 0.3 is 0 Å². The number of hydrogen-bond acceptors (Lipinski definition) is 6. The second kappa shape index (κ2) is 10.5. The number of piperidine rings is 1. The zero-order valence-electron chi connectivity index (χ0n) is 20.5. The zero-order valence-corrected chi connectivity index (χ0v) is 21.3. The van der Waals surface area contributed by atoms with E-state index in [-0.39, 0.29) is 11.5 Å². The van der Waals surface area contributed by atoms with E-state index in [1.54, 1.807) is 18.3 Å². The van der Waals surface area contributed by atoms with E-state index in [4.69, 9.17) is 4.98 Å². The first-order chi connectivity index (χ1) is 17.5. The molecule has 1 N–H and O–H groups in total. The van der Waals surface area contributed by atoms with Crippen molar-refractivity contribution in [3.63, 3.8) is 0 Å². The lowest BCUT2D eigenvalue weighted by atomic mass is 10.1. The Kier molecular flexibility index (Phi) is 7.04. The molecule has 5 rings (SSSR count). The molecule has 0 saturated carbocycles. The van der Waals surface area contributed by atoms with Crippen LogP contribution in [0.2, 0.25) is 0 Å². The van der Waals surface area contributed by atoms with Crippen molar-refractivity contribution in [3.05, 3.63) is 82.8 Å². The van der Waals surface area contributed by atoms with E-state index >= 15 is 0 Å². The first kappa shape index (κ1) is 24.1. The molecule has 0 radical (unpaired) electrons. The van der Waals surface area contributed by atoms with Crippen molar-refractivity contribution in [3.8, 4) is 5.82 Å². The maximum absolute atomic E-state index is 13.4. The summed E-state index contributed by atoms with van der Waals surface area (Å²) in [7, 11) is 0. The molecule has 0 spiro atoms. The highest BCUT2D eigenvalue weighted by atomic mass is 32.2. The second-order valence-electron chi connectivity index (χ2n) is 9.09. The van der Waals surface area contributed by atoms with Crippen LogP contribution in [0.25, 0.3) is 16.7 Å². The zero-order chi connectivity index (χ0) is 25.1. The molecule has 3 heterocycles. The third-order valence-electron chi connectivity index (χ3n) is 6.38. The van der Waals surface area contributed by atoms with E-state index in [1.165, 1.54) is 41.3 Å². The fourth-order valence-corrected chi connectivity index (χ4v) is 5.26. The molecule has 2 aromatic carbocycles. The fourth-order valence-electron chi connectivity index (χ4n) is 4.35. The molecule has 1 fully saturated rings. The van der Waals surface area contributed by atoms with Crippen molar-refractivity contribution in [2.24, 2.45) is 0 Å². The van der Waals surface area contributed by atoms with Crippen LogP contribution in [-0.2, 0) is 4.79 Å². The monoisotopic (exact) mass is 499 g/mol. The third-order valence-corrected chi connectivity index (χ3v) is 7.43. The standard InChI is InChI=1S/C28H29N5O2S/c1-19-10-15-25(29-18-19)33-27(35)23-8-4-5-9-24(23)31-28(33)36-20(2)26(34)30-21-11-13-22(14-12-21)32-16-6-3-7-17-32/h4-5,8-15,18,20H,3,6-7,16-17H2,1-2H3,(H,30,34). The molecule has 1 aliphatic rings. The number of aryl methyl sites for hydroxylation is 1. The minimum absolute atomic E-state index is 0.156. The van der Waals surface area contributed by atoms with Crippen LogP contribution in [0.5, 0.6) is 0 Å². The molecule has 4 aromatic rings. The molecule has 1 saturated heterocycles. The third kappa shape index (κ3) is 5.14. The summed E-state index contributed by atoms with van der Waals surface area (Å²) in [6, 6.07) is 18.9. The van der Waals surface area contributed by atoms with Crippen LogP contribution in [0.3, 0.4) is 0 Å². The van der Waals surface area contributed by atoms with Crippen LogP contribution in [0.1, 0.15) is 31.7 Å². The SMILES string of the molecule is Cc1ccc(-n2c(SC(C)C(=O)Nc3ccc(N4CCCCC4)cc3)nc3ccccc3c2=O)nc1. The molecule has 7 nitrogen and oxygen atoms in total. The van der Waals surface area contributed by atoms with Gasteiger partial charge in [-0.05, 0) is 81.1 Å². The van der Waals surface area contributed by atoms with Gasteiger partial charge in [0.25, 0.3) is 5.56 Å². The Morgan fingerprint density at radius 2 is 1.75 bits per heavy atom. The lowest BCUT2D eigenvalue weighted by Gasteiger charge is -2.28. The number of nitrogens with one attached hydrogen (secondary N) is 1. The Balaban J connectivity index is 1.38. The number of para-hydroxylation sites is 1. The molecule has 1 aliphatic heterocycles. The minimum Gasteiger partial charge on any atom is -0.372 e. The average molecular weight is 500 g/mol. The van der Waals surface area contributed by atoms with Crippen LogP contribution in [-0.4, -0.2) is 38.8 Å².